The maximum absolute atomic E-state index is 10.2. The van der Waals surface area contributed by atoms with Crippen LogP contribution in [0.15, 0.2) is 17.5 Å². The molecule has 1 nitrogen and oxygen atoms in total. The number of hydrogen-bond donors (Lipinski definition) is 0. The Balaban J connectivity index is 2.76. The zero-order chi connectivity index (χ0) is 6.69. The lowest BCUT2D eigenvalue weighted by atomic mass is 10.2. The molecule has 1 aromatic rings. The highest BCUT2D eigenvalue weighted by Gasteiger charge is 2.01. The molecule has 0 saturated heterocycles. The van der Waals surface area contributed by atoms with Gasteiger partial charge in [-0.05, 0) is 11.4 Å². The minimum atomic E-state index is 0.0741. The van der Waals surface area contributed by atoms with Crippen LogP contribution in [0.5, 0.6) is 0 Å². The molecule has 0 spiro atoms. The van der Waals surface area contributed by atoms with Gasteiger partial charge in [-0.25, -0.2) is 0 Å². The normalized spacial score (nSPS) is 13.0. The summed E-state index contributed by atoms with van der Waals surface area (Å²) in [6.07, 6.45) is 0.964. The number of thiophene rings is 1. The topological polar surface area (TPSA) is 17.1 Å². The van der Waals surface area contributed by atoms with Gasteiger partial charge in [0.1, 0.15) is 6.29 Å². The molecule has 0 aliphatic carbocycles. The van der Waals surface area contributed by atoms with Crippen molar-refractivity contribution in [2.24, 2.45) is 0 Å². The van der Waals surface area contributed by atoms with E-state index < -0.39 is 0 Å². The maximum atomic E-state index is 10.2. The predicted molar refractivity (Wildman–Crippen MR) is 38.8 cm³/mol. The minimum absolute atomic E-state index is 0.0741. The summed E-state index contributed by atoms with van der Waals surface area (Å²) < 4.78 is 0. The van der Waals surface area contributed by atoms with Crippen LogP contribution in [0.25, 0.3) is 0 Å². The van der Waals surface area contributed by atoms with Crippen LogP contribution in [0, 0.1) is 0 Å². The molecular formula is C7H8OS. The second-order valence-electron chi connectivity index (χ2n) is 1.94. The van der Waals surface area contributed by atoms with Crippen molar-refractivity contribution in [1.29, 1.82) is 0 Å². The van der Waals surface area contributed by atoms with Gasteiger partial charge in [0, 0.05) is 10.8 Å². The van der Waals surface area contributed by atoms with Gasteiger partial charge < -0.3 is 4.79 Å². The van der Waals surface area contributed by atoms with Gasteiger partial charge in [0.15, 0.2) is 0 Å². The van der Waals surface area contributed by atoms with Crippen LogP contribution in [-0.4, -0.2) is 6.29 Å². The Morgan fingerprint density at radius 1 is 1.78 bits per heavy atom. The lowest BCUT2D eigenvalue weighted by molar-refractivity contribution is -0.108. The zero-order valence-electron chi connectivity index (χ0n) is 5.20. The molecule has 0 aliphatic heterocycles. The molecule has 0 radical (unpaired) electrons. The van der Waals surface area contributed by atoms with Gasteiger partial charge in [-0.2, -0.15) is 0 Å². The van der Waals surface area contributed by atoms with Crippen molar-refractivity contribution < 1.29 is 4.79 Å². The van der Waals surface area contributed by atoms with Gasteiger partial charge in [0.2, 0.25) is 0 Å². The first kappa shape index (κ1) is 6.49. The summed E-state index contributed by atoms with van der Waals surface area (Å²) in [6, 6.07) is 3.93. The standard InChI is InChI=1S/C7H8OS/c1-6(5-8)7-3-2-4-9-7/h2-6H,1H3/t6-/m0/s1. The molecule has 0 aliphatic rings. The molecule has 0 saturated carbocycles. The van der Waals surface area contributed by atoms with E-state index >= 15 is 0 Å². The van der Waals surface area contributed by atoms with Gasteiger partial charge in [-0.1, -0.05) is 13.0 Å². The highest BCUT2D eigenvalue weighted by atomic mass is 32.1. The Kier molecular flexibility index (Phi) is 2.01. The van der Waals surface area contributed by atoms with E-state index in [1.54, 1.807) is 11.3 Å². The Hall–Kier alpha value is -0.630. The highest BCUT2D eigenvalue weighted by molar-refractivity contribution is 7.10. The van der Waals surface area contributed by atoms with Gasteiger partial charge in [-0.15, -0.1) is 11.3 Å². The van der Waals surface area contributed by atoms with Crippen LogP contribution in [0.1, 0.15) is 17.7 Å². The van der Waals surface area contributed by atoms with Crippen molar-refractivity contribution in [3.8, 4) is 0 Å². The van der Waals surface area contributed by atoms with E-state index in [-0.39, 0.29) is 5.92 Å². The van der Waals surface area contributed by atoms with Crippen molar-refractivity contribution >= 4 is 17.6 Å². The molecule has 1 heterocycles. The number of carbonyl (C=O) groups excluding carboxylic acids is 1. The lowest BCUT2D eigenvalue weighted by Crippen LogP contribution is -1.88. The van der Waals surface area contributed by atoms with Crippen molar-refractivity contribution in [3.63, 3.8) is 0 Å². The third kappa shape index (κ3) is 1.39. The van der Waals surface area contributed by atoms with Crippen molar-refractivity contribution in [1.82, 2.24) is 0 Å². The number of carbonyl (C=O) groups is 1. The van der Waals surface area contributed by atoms with E-state index in [9.17, 15) is 4.79 Å². The quantitative estimate of drug-likeness (QED) is 0.574. The van der Waals surface area contributed by atoms with E-state index in [1.807, 2.05) is 24.4 Å². The molecule has 0 bridgehead atoms. The fraction of sp³-hybridized carbons (Fsp3) is 0.286. The summed E-state index contributed by atoms with van der Waals surface area (Å²) in [7, 11) is 0. The molecule has 1 atom stereocenters. The Labute approximate surface area is 58.3 Å². The van der Waals surface area contributed by atoms with Crippen LogP contribution in [0.4, 0.5) is 0 Å². The molecule has 0 amide bonds. The third-order valence-electron chi connectivity index (χ3n) is 1.20. The molecule has 0 fully saturated rings. The fourth-order valence-electron chi connectivity index (χ4n) is 0.617. The molecule has 2 heteroatoms. The van der Waals surface area contributed by atoms with Gasteiger partial charge in [0.05, 0.1) is 0 Å². The first-order valence-electron chi connectivity index (χ1n) is 2.83. The van der Waals surface area contributed by atoms with E-state index in [0.29, 0.717) is 0 Å². The highest BCUT2D eigenvalue weighted by Crippen LogP contribution is 2.17. The Morgan fingerprint density at radius 2 is 2.56 bits per heavy atom. The lowest BCUT2D eigenvalue weighted by Gasteiger charge is -1.94. The molecular weight excluding hydrogens is 132 g/mol. The SMILES string of the molecule is C[C@@H](C=O)c1cccs1. The molecule has 0 aromatic carbocycles. The first-order valence-corrected chi connectivity index (χ1v) is 3.71. The van der Waals surface area contributed by atoms with Crippen LogP contribution < -0.4 is 0 Å². The smallest absolute Gasteiger partial charge is 0.127 e. The number of rotatable bonds is 2. The van der Waals surface area contributed by atoms with Crippen molar-refractivity contribution in [2.45, 2.75) is 12.8 Å². The first-order chi connectivity index (χ1) is 4.34. The molecule has 48 valence electrons. The summed E-state index contributed by atoms with van der Waals surface area (Å²) in [4.78, 5) is 11.4. The molecule has 0 N–H and O–H groups in total. The summed E-state index contributed by atoms with van der Waals surface area (Å²) in [5.74, 6) is 0.0741. The average molecular weight is 140 g/mol. The molecule has 9 heavy (non-hydrogen) atoms. The number of aldehydes is 1. The number of hydrogen-bond acceptors (Lipinski definition) is 2. The van der Waals surface area contributed by atoms with E-state index in [4.69, 9.17) is 0 Å². The summed E-state index contributed by atoms with van der Waals surface area (Å²) >= 11 is 1.62. The van der Waals surface area contributed by atoms with E-state index in [1.165, 1.54) is 0 Å². The Morgan fingerprint density at radius 3 is 3.00 bits per heavy atom. The van der Waals surface area contributed by atoms with Crippen LogP contribution in [0.3, 0.4) is 0 Å². The second-order valence-corrected chi connectivity index (χ2v) is 2.92. The summed E-state index contributed by atoms with van der Waals surface area (Å²) in [6.45, 7) is 1.90. The zero-order valence-corrected chi connectivity index (χ0v) is 6.02. The van der Waals surface area contributed by atoms with Gasteiger partial charge in [-0.3, -0.25) is 0 Å². The van der Waals surface area contributed by atoms with Gasteiger partial charge in [0.25, 0.3) is 0 Å². The second kappa shape index (κ2) is 2.78. The average Bonchev–Trinajstić information content (AvgIpc) is 2.37. The summed E-state index contributed by atoms with van der Waals surface area (Å²) in [5.41, 5.74) is 0. The molecule has 0 unspecified atom stereocenters. The predicted octanol–water partition coefficient (Wildman–Crippen LogP) is 2.05. The molecule has 1 rings (SSSR count). The van der Waals surface area contributed by atoms with Crippen LogP contribution >= 0.6 is 11.3 Å². The largest absolute Gasteiger partial charge is 0.303 e. The van der Waals surface area contributed by atoms with Crippen LogP contribution in [0.2, 0.25) is 0 Å². The molecule has 1 aromatic heterocycles. The summed E-state index contributed by atoms with van der Waals surface area (Å²) in [5, 5.41) is 1.98. The van der Waals surface area contributed by atoms with Crippen molar-refractivity contribution in [3.05, 3.63) is 22.4 Å². The van der Waals surface area contributed by atoms with Gasteiger partial charge >= 0.3 is 0 Å². The minimum Gasteiger partial charge on any atom is -0.303 e. The van der Waals surface area contributed by atoms with Crippen molar-refractivity contribution in [2.75, 3.05) is 0 Å². The van der Waals surface area contributed by atoms with E-state index in [0.717, 1.165) is 11.2 Å². The Bertz CT molecular complexity index is 179. The monoisotopic (exact) mass is 140 g/mol. The van der Waals surface area contributed by atoms with E-state index in [2.05, 4.69) is 0 Å². The maximum Gasteiger partial charge on any atom is 0.127 e. The fourth-order valence-corrected chi connectivity index (χ4v) is 1.36. The third-order valence-corrected chi connectivity index (χ3v) is 2.27. The van der Waals surface area contributed by atoms with Crippen LogP contribution in [-0.2, 0) is 4.79 Å².